The molecule has 1 aromatic carbocycles. The molecule has 7 heteroatoms. The van der Waals surface area contributed by atoms with E-state index in [1.165, 1.54) is 6.21 Å². The van der Waals surface area contributed by atoms with E-state index < -0.39 is 0 Å². The maximum atomic E-state index is 6.10. The molecule has 0 unspecified atom stereocenters. The van der Waals surface area contributed by atoms with Gasteiger partial charge in [-0.2, -0.15) is 5.10 Å². The van der Waals surface area contributed by atoms with Crippen molar-refractivity contribution in [3.05, 3.63) is 46.1 Å². The number of benzene rings is 1. The Hall–Kier alpha value is -1.98. The summed E-state index contributed by atoms with van der Waals surface area (Å²) in [7, 11) is 0. The summed E-state index contributed by atoms with van der Waals surface area (Å²) in [4.78, 5) is 0. The fourth-order valence-corrected chi connectivity index (χ4v) is 1.81. The molecule has 0 atom stereocenters. The van der Waals surface area contributed by atoms with E-state index in [0.29, 0.717) is 27.1 Å². The number of rotatable bonds is 3. The van der Waals surface area contributed by atoms with Gasteiger partial charge in [-0.05, 0) is 24.3 Å². The molecule has 98 valence electrons. The van der Waals surface area contributed by atoms with Crippen LogP contribution >= 0.6 is 23.2 Å². The fourth-order valence-electron chi connectivity index (χ4n) is 1.41. The zero-order chi connectivity index (χ0) is 13.8. The van der Waals surface area contributed by atoms with Crippen molar-refractivity contribution in [2.24, 2.45) is 21.7 Å². The molecule has 0 saturated heterocycles. The standard InChI is InChI=1S/C12H10Cl2N4O/c13-9-3-1-2-8(11(9)14)10-5-4-7(19-10)6-17-18-12(15)16/h1-6H,(H4,15,16,18)/b17-6-. The van der Waals surface area contributed by atoms with Crippen LogP contribution in [0.3, 0.4) is 0 Å². The molecule has 0 saturated carbocycles. The van der Waals surface area contributed by atoms with Gasteiger partial charge in [0, 0.05) is 5.56 Å². The molecule has 0 radical (unpaired) electrons. The molecule has 19 heavy (non-hydrogen) atoms. The van der Waals surface area contributed by atoms with Crippen molar-refractivity contribution in [3.63, 3.8) is 0 Å². The first-order valence-corrected chi connectivity index (χ1v) is 5.99. The molecule has 1 heterocycles. The van der Waals surface area contributed by atoms with Crippen LogP contribution in [0.25, 0.3) is 11.3 Å². The Bertz CT molecular complexity index is 645. The van der Waals surface area contributed by atoms with E-state index in [4.69, 9.17) is 39.1 Å². The van der Waals surface area contributed by atoms with Crippen LogP contribution in [0.15, 0.2) is 45.0 Å². The largest absolute Gasteiger partial charge is 0.455 e. The minimum atomic E-state index is -0.124. The molecule has 1 aromatic heterocycles. The number of hydrogen-bond acceptors (Lipinski definition) is 3. The predicted octanol–water partition coefficient (Wildman–Crippen LogP) is 2.86. The minimum absolute atomic E-state index is 0.124. The first-order chi connectivity index (χ1) is 9.08. The lowest BCUT2D eigenvalue weighted by atomic mass is 10.2. The monoisotopic (exact) mass is 296 g/mol. The molecule has 0 aliphatic rings. The van der Waals surface area contributed by atoms with Gasteiger partial charge in [0.15, 0.2) is 0 Å². The summed E-state index contributed by atoms with van der Waals surface area (Å²) in [5.74, 6) is 0.954. The quantitative estimate of drug-likeness (QED) is 0.518. The average molecular weight is 297 g/mol. The van der Waals surface area contributed by atoms with Gasteiger partial charge in [-0.15, -0.1) is 5.10 Å². The van der Waals surface area contributed by atoms with Crippen molar-refractivity contribution in [3.8, 4) is 11.3 Å². The SMILES string of the molecule is NC(N)=N/N=C\c1ccc(-c2cccc(Cl)c2Cl)o1. The summed E-state index contributed by atoms with van der Waals surface area (Å²) in [5.41, 5.74) is 11.0. The van der Waals surface area contributed by atoms with Gasteiger partial charge in [0.1, 0.15) is 11.5 Å². The summed E-state index contributed by atoms with van der Waals surface area (Å²) in [6.07, 6.45) is 1.39. The molecule has 0 aliphatic heterocycles. The molecule has 0 fully saturated rings. The smallest absolute Gasteiger partial charge is 0.211 e. The van der Waals surface area contributed by atoms with Gasteiger partial charge in [0.05, 0.1) is 16.3 Å². The number of nitrogens with two attached hydrogens (primary N) is 2. The summed E-state index contributed by atoms with van der Waals surface area (Å²) in [5, 5.41) is 8.02. The third kappa shape index (κ3) is 3.27. The highest BCUT2D eigenvalue weighted by molar-refractivity contribution is 6.43. The Morgan fingerprint density at radius 3 is 2.68 bits per heavy atom. The van der Waals surface area contributed by atoms with Crippen molar-refractivity contribution in [1.82, 2.24) is 0 Å². The zero-order valence-corrected chi connectivity index (χ0v) is 11.2. The van der Waals surface area contributed by atoms with Crippen molar-refractivity contribution < 1.29 is 4.42 Å². The maximum absolute atomic E-state index is 6.10. The number of hydrogen-bond donors (Lipinski definition) is 2. The Morgan fingerprint density at radius 2 is 1.95 bits per heavy atom. The molecule has 0 spiro atoms. The Morgan fingerprint density at radius 1 is 1.16 bits per heavy atom. The molecule has 0 bridgehead atoms. The molecular formula is C12H10Cl2N4O. The number of halogens is 2. The second-order valence-corrected chi connectivity index (χ2v) is 4.36. The van der Waals surface area contributed by atoms with Gasteiger partial charge in [-0.3, -0.25) is 0 Å². The van der Waals surface area contributed by atoms with Crippen LogP contribution in [0.4, 0.5) is 0 Å². The van der Waals surface area contributed by atoms with Crippen LogP contribution in [0.2, 0.25) is 10.0 Å². The third-order valence-corrected chi connectivity index (χ3v) is 3.02. The molecular weight excluding hydrogens is 287 g/mol. The van der Waals surface area contributed by atoms with Crippen molar-refractivity contribution in [2.75, 3.05) is 0 Å². The molecule has 2 aromatic rings. The van der Waals surface area contributed by atoms with Crippen LogP contribution in [-0.4, -0.2) is 12.2 Å². The zero-order valence-electron chi connectivity index (χ0n) is 9.68. The van der Waals surface area contributed by atoms with Crippen LogP contribution in [-0.2, 0) is 0 Å². The lowest BCUT2D eigenvalue weighted by Crippen LogP contribution is -2.21. The van der Waals surface area contributed by atoms with Crippen LogP contribution in [0.1, 0.15) is 5.76 Å². The second kappa shape index (κ2) is 5.77. The first kappa shape index (κ1) is 13.5. The number of nitrogens with zero attached hydrogens (tertiary/aromatic N) is 2. The van der Waals surface area contributed by atoms with E-state index >= 15 is 0 Å². The fraction of sp³-hybridized carbons (Fsp3) is 0. The summed E-state index contributed by atoms with van der Waals surface area (Å²) in [6.45, 7) is 0. The van der Waals surface area contributed by atoms with E-state index in [2.05, 4.69) is 10.2 Å². The van der Waals surface area contributed by atoms with Gasteiger partial charge in [-0.25, -0.2) is 0 Å². The lowest BCUT2D eigenvalue weighted by molar-refractivity contribution is 0.575. The van der Waals surface area contributed by atoms with Crippen LogP contribution in [0.5, 0.6) is 0 Å². The molecule has 4 N–H and O–H groups in total. The summed E-state index contributed by atoms with van der Waals surface area (Å²) < 4.78 is 5.54. The van der Waals surface area contributed by atoms with E-state index in [0.717, 1.165) is 0 Å². The highest BCUT2D eigenvalue weighted by atomic mass is 35.5. The predicted molar refractivity (Wildman–Crippen MR) is 77.6 cm³/mol. The van der Waals surface area contributed by atoms with Gasteiger partial charge >= 0.3 is 0 Å². The van der Waals surface area contributed by atoms with Gasteiger partial charge in [-0.1, -0.05) is 29.3 Å². The number of guanidine groups is 1. The maximum Gasteiger partial charge on any atom is 0.211 e. The van der Waals surface area contributed by atoms with Gasteiger partial charge in [0.25, 0.3) is 0 Å². The van der Waals surface area contributed by atoms with E-state index in [1.54, 1.807) is 24.3 Å². The Balaban J connectivity index is 2.29. The average Bonchev–Trinajstić information content (AvgIpc) is 2.81. The molecule has 5 nitrogen and oxygen atoms in total. The third-order valence-electron chi connectivity index (χ3n) is 2.20. The van der Waals surface area contributed by atoms with Crippen molar-refractivity contribution in [1.29, 1.82) is 0 Å². The van der Waals surface area contributed by atoms with Gasteiger partial charge in [0.2, 0.25) is 5.96 Å². The molecule has 0 aliphatic carbocycles. The van der Waals surface area contributed by atoms with E-state index in [9.17, 15) is 0 Å². The number of furan rings is 1. The first-order valence-electron chi connectivity index (χ1n) is 5.24. The Labute approximate surface area is 119 Å². The van der Waals surface area contributed by atoms with Gasteiger partial charge < -0.3 is 15.9 Å². The summed E-state index contributed by atoms with van der Waals surface area (Å²) in [6, 6.07) is 8.79. The highest BCUT2D eigenvalue weighted by Crippen LogP contribution is 2.34. The second-order valence-electron chi connectivity index (χ2n) is 3.57. The normalized spacial score (nSPS) is 10.8. The highest BCUT2D eigenvalue weighted by Gasteiger charge is 2.10. The van der Waals surface area contributed by atoms with Crippen LogP contribution in [0, 0.1) is 0 Å². The van der Waals surface area contributed by atoms with Crippen molar-refractivity contribution >= 4 is 35.4 Å². The van der Waals surface area contributed by atoms with Crippen LogP contribution < -0.4 is 11.5 Å². The van der Waals surface area contributed by atoms with Crippen molar-refractivity contribution in [2.45, 2.75) is 0 Å². The topological polar surface area (TPSA) is 89.9 Å². The Kier molecular flexibility index (Phi) is 4.09. The minimum Gasteiger partial charge on any atom is -0.455 e. The van der Waals surface area contributed by atoms with E-state index in [1.807, 2.05) is 6.07 Å². The van der Waals surface area contributed by atoms with E-state index in [-0.39, 0.29) is 5.96 Å². The lowest BCUT2D eigenvalue weighted by Gasteiger charge is -2.01. The summed E-state index contributed by atoms with van der Waals surface area (Å²) >= 11 is 12.0. The molecule has 0 amide bonds. The molecule has 2 rings (SSSR count).